The molecule has 3 N–H and O–H groups in total. The Bertz CT molecular complexity index is 1470. The van der Waals surface area contributed by atoms with Crippen molar-refractivity contribution in [2.45, 2.75) is 31.6 Å². The van der Waals surface area contributed by atoms with Crippen LogP contribution < -0.4 is 16.0 Å². The first-order valence-electron chi connectivity index (χ1n) is 13.0. The minimum Gasteiger partial charge on any atom is -0.381 e. The second-order valence-corrected chi connectivity index (χ2v) is 9.65. The molecule has 3 aromatic rings. The van der Waals surface area contributed by atoms with Gasteiger partial charge in [-0.15, -0.1) is 0 Å². The van der Waals surface area contributed by atoms with Gasteiger partial charge in [0.25, 0.3) is 11.8 Å². The number of allylic oxidation sites excluding steroid dienone is 3. The summed E-state index contributed by atoms with van der Waals surface area (Å²) in [4.78, 5) is 39.3. The zero-order valence-corrected chi connectivity index (χ0v) is 22.0. The van der Waals surface area contributed by atoms with Crippen LogP contribution in [-0.4, -0.2) is 40.7 Å². The van der Waals surface area contributed by atoms with Crippen molar-refractivity contribution in [1.29, 1.82) is 0 Å². The fourth-order valence-electron chi connectivity index (χ4n) is 5.13. The van der Waals surface area contributed by atoms with Gasteiger partial charge in [0, 0.05) is 37.8 Å². The first-order chi connectivity index (χ1) is 18.9. The molecule has 39 heavy (non-hydrogen) atoms. The summed E-state index contributed by atoms with van der Waals surface area (Å²) in [5, 5.41) is 12.6. The quantitative estimate of drug-likeness (QED) is 0.317. The van der Waals surface area contributed by atoms with Crippen molar-refractivity contribution in [3.05, 3.63) is 95.5 Å². The minimum atomic E-state index is -0.586. The maximum absolute atomic E-state index is 13.5. The summed E-state index contributed by atoms with van der Waals surface area (Å²) in [6.07, 6.45) is 6.96. The van der Waals surface area contributed by atoms with Crippen molar-refractivity contribution in [2.75, 3.05) is 23.8 Å². The molecule has 5 rings (SSSR count). The third-order valence-corrected chi connectivity index (χ3v) is 7.35. The van der Waals surface area contributed by atoms with E-state index in [1.807, 2.05) is 49.4 Å². The largest absolute Gasteiger partial charge is 0.381 e. The van der Waals surface area contributed by atoms with E-state index in [-0.39, 0.29) is 11.6 Å². The van der Waals surface area contributed by atoms with Crippen molar-refractivity contribution in [1.82, 2.24) is 15.1 Å². The van der Waals surface area contributed by atoms with Crippen LogP contribution in [0.2, 0.25) is 0 Å². The smallest absolute Gasteiger partial charge is 0.274 e. The Labute approximate surface area is 226 Å². The van der Waals surface area contributed by atoms with Crippen LogP contribution in [0.25, 0.3) is 5.57 Å². The number of hydrogen-bond donors (Lipinski definition) is 3. The van der Waals surface area contributed by atoms with Crippen LogP contribution in [0.1, 0.15) is 47.8 Å². The zero-order chi connectivity index (χ0) is 27.4. The Morgan fingerprint density at radius 3 is 2.56 bits per heavy atom. The predicted molar refractivity (Wildman–Crippen MR) is 149 cm³/mol. The van der Waals surface area contributed by atoms with Gasteiger partial charge < -0.3 is 20.7 Å². The van der Waals surface area contributed by atoms with E-state index in [2.05, 4.69) is 21.0 Å². The van der Waals surface area contributed by atoms with Crippen LogP contribution in [0.4, 0.5) is 11.4 Å². The van der Waals surface area contributed by atoms with Crippen LogP contribution in [0, 0.1) is 0 Å². The Morgan fingerprint density at radius 1 is 1.10 bits per heavy atom. The van der Waals surface area contributed by atoms with E-state index >= 15 is 0 Å². The van der Waals surface area contributed by atoms with Crippen LogP contribution in [0.15, 0.2) is 78.6 Å². The topological polar surface area (TPSA) is 114 Å². The second-order valence-electron chi connectivity index (χ2n) is 9.65. The number of carbonyl (C=O) groups is 3. The van der Waals surface area contributed by atoms with Gasteiger partial charge in [0.05, 0.1) is 5.41 Å². The number of carbonyl (C=O) groups excluding carboxylic acids is 3. The van der Waals surface area contributed by atoms with Crippen LogP contribution in [0.5, 0.6) is 0 Å². The first-order valence-corrected chi connectivity index (χ1v) is 13.0. The number of amides is 3. The van der Waals surface area contributed by atoms with Crippen molar-refractivity contribution in [2.24, 2.45) is 7.05 Å². The highest BCUT2D eigenvalue weighted by molar-refractivity contribution is 6.10. The number of ether oxygens (including phenoxy) is 1. The molecule has 0 atom stereocenters. The van der Waals surface area contributed by atoms with Crippen molar-refractivity contribution in [3.63, 3.8) is 0 Å². The highest BCUT2D eigenvalue weighted by Gasteiger charge is 2.47. The van der Waals surface area contributed by atoms with Crippen LogP contribution >= 0.6 is 0 Å². The molecular formula is C30H31N5O4. The predicted octanol–water partition coefficient (Wildman–Crippen LogP) is 4.17. The summed E-state index contributed by atoms with van der Waals surface area (Å²) in [5.41, 5.74) is 3.97. The fraction of sp³-hybridized carbons (Fsp3) is 0.267. The van der Waals surface area contributed by atoms with E-state index in [9.17, 15) is 14.4 Å². The highest BCUT2D eigenvalue weighted by Crippen LogP contribution is 2.45. The molecule has 200 valence electrons. The molecule has 0 aliphatic carbocycles. The second kappa shape index (κ2) is 11.1. The Kier molecular flexibility index (Phi) is 7.42. The fourth-order valence-corrected chi connectivity index (χ4v) is 5.13. The summed E-state index contributed by atoms with van der Waals surface area (Å²) in [6.45, 7) is 3.10. The summed E-state index contributed by atoms with van der Waals surface area (Å²) in [5.74, 6) is -0.980. The Hall–Kier alpha value is -4.50. The third kappa shape index (κ3) is 5.26. The van der Waals surface area contributed by atoms with Gasteiger partial charge in [0.2, 0.25) is 5.91 Å². The van der Waals surface area contributed by atoms with Gasteiger partial charge in [-0.25, -0.2) is 0 Å². The molecule has 9 heteroatoms. The van der Waals surface area contributed by atoms with E-state index in [4.69, 9.17) is 4.74 Å². The van der Waals surface area contributed by atoms with E-state index in [0.29, 0.717) is 43.1 Å². The molecule has 3 amide bonds. The molecule has 9 nitrogen and oxygen atoms in total. The van der Waals surface area contributed by atoms with E-state index in [1.165, 1.54) is 10.9 Å². The lowest BCUT2D eigenvalue weighted by atomic mass is 9.75. The Morgan fingerprint density at radius 2 is 1.87 bits per heavy atom. The SMILES string of the molecule is CCC(=CC=C(NC(=O)c1ccnn1C)C(=O)Nc1ccc2c(c1)NC(=O)C21CCOCC1)c1ccccc1. The molecule has 3 heterocycles. The van der Waals surface area contributed by atoms with Gasteiger partial charge in [-0.2, -0.15) is 5.10 Å². The molecular weight excluding hydrogens is 494 g/mol. The molecule has 2 aliphatic rings. The van der Waals surface area contributed by atoms with Crippen LogP contribution in [0.3, 0.4) is 0 Å². The number of aromatic nitrogens is 2. The average Bonchev–Trinajstić information content (AvgIpc) is 3.49. The lowest BCUT2D eigenvalue weighted by Gasteiger charge is -2.31. The van der Waals surface area contributed by atoms with Gasteiger partial charge in [0.1, 0.15) is 11.4 Å². The molecule has 2 aromatic carbocycles. The maximum Gasteiger partial charge on any atom is 0.274 e. The van der Waals surface area contributed by atoms with E-state index < -0.39 is 17.2 Å². The third-order valence-electron chi connectivity index (χ3n) is 7.35. The number of benzene rings is 2. The van der Waals surface area contributed by atoms with Gasteiger partial charge in [0.15, 0.2) is 0 Å². The van der Waals surface area contributed by atoms with Gasteiger partial charge in [-0.3, -0.25) is 19.1 Å². The maximum atomic E-state index is 13.5. The molecule has 0 bridgehead atoms. The van der Waals surface area contributed by atoms with E-state index in [1.54, 1.807) is 31.3 Å². The normalized spacial score (nSPS) is 16.5. The number of hydrogen-bond acceptors (Lipinski definition) is 5. The number of aryl methyl sites for hydroxylation is 1. The number of fused-ring (bicyclic) bond motifs is 2. The highest BCUT2D eigenvalue weighted by atomic mass is 16.5. The van der Waals surface area contributed by atoms with Crippen molar-refractivity contribution in [3.8, 4) is 0 Å². The molecule has 2 aliphatic heterocycles. The van der Waals surface area contributed by atoms with Crippen LogP contribution in [-0.2, 0) is 26.8 Å². The Balaban J connectivity index is 1.42. The summed E-state index contributed by atoms with van der Waals surface area (Å²) < 4.78 is 6.92. The minimum absolute atomic E-state index is 0.0357. The van der Waals surface area contributed by atoms with Crippen molar-refractivity contribution >= 4 is 34.7 Å². The average molecular weight is 526 g/mol. The summed E-state index contributed by atoms with van der Waals surface area (Å²) >= 11 is 0. The number of nitrogens with zero attached hydrogens (tertiary/aromatic N) is 2. The molecule has 0 saturated carbocycles. The molecule has 1 saturated heterocycles. The van der Waals surface area contributed by atoms with Gasteiger partial charge in [-0.1, -0.05) is 49.4 Å². The molecule has 0 radical (unpaired) electrons. The standard InChI is InChI=1S/C30H31N5O4/c1-3-20(21-7-5-4-6-8-21)9-12-24(33-28(37)26-13-16-31-35(26)2)27(36)32-22-10-11-23-25(19-22)34-29(38)30(23)14-17-39-18-15-30/h4-13,16,19H,3,14-15,17-18H2,1-2H3,(H,32,36)(H,33,37)(H,34,38). The molecule has 1 fully saturated rings. The number of rotatable bonds is 7. The molecule has 1 spiro atoms. The lowest BCUT2D eigenvalue weighted by Crippen LogP contribution is -2.39. The molecule has 0 unspecified atom stereocenters. The zero-order valence-electron chi connectivity index (χ0n) is 22.0. The first kappa shape index (κ1) is 26.1. The lowest BCUT2D eigenvalue weighted by molar-refractivity contribution is -0.124. The van der Waals surface area contributed by atoms with Gasteiger partial charge in [-0.05, 0) is 60.2 Å². The van der Waals surface area contributed by atoms with Gasteiger partial charge >= 0.3 is 0 Å². The molecule has 1 aromatic heterocycles. The summed E-state index contributed by atoms with van der Waals surface area (Å²) in [7, 11) is 1.66. The monoisotopic (exact) mass is 525 g/mol. The number of anilines is 2. The van der Waals surface area contributed by atoms with Crippen molar-refractivity contribution < 1.29 is 19.1 Å². The number of nitrogens with one attached hydrogen (secondary N) is 3. The summed E-state index contributed by atoms with van der Waals surface area (Å²) in [6, 6.07) is 16.9. The van der Waals surface area contributed by atoms with E-state index in [0.717, 1.165) is 23.1 Å².